The Labute approximate surface area is 142 Å². The van der Waals surface area contributed by atoms with Gasteiger partial charge in [0.05, 0.1) is 16.8 Å². The zero-order valence-electron chi connectivity index (χ0n) is 13.6. The monoisotopic (exact) mass is 351 g/mol. The van der Waals surface area contributed by atoms with E-state index < -0.39 is 30.2 Å². The van der Waals surface area contributed by atoms with Gasteiger partial charge in [-0.1, -0.05) is 29.3 Å². The minimum Gasteiger partial charge on any atom is -0.452 e. The van der Waals surface area contributed by atoms with E-state index in [1.807, 2.05) is 19.9 Å². The summed E-state index contributed by atoms with van der Waals surface area (Å²) in [6, 6.07) is 9.66. The van der Waals surface area contributed by atoms with Crippen molar-refractivity contribution in [2.24, 2.45) is 0 Å². The fourth-order valence-corrected chi connectivity index (χ4v) is 2.33. The first-order valence-corrected chi connectivity index (χ1v) is 7.38. The highest BCUT2D eigenvalue weighted by molar-refractivity contribution is 5.96. The fraction of sp³-hybridized carbons (Fsp3) is 0.222. The number of esters is 1. The molecule has 0 bridgehead atoms. The molecule has 2 aromatic carbocycles. The minimum absolute atomic E-state index is 0.279. The van der Waals surface area contributed by atoms with Gasteiger partial charge in [-0.15, -0.1) is 0 Å². The summed E-state index contributed by atoms with van der Waals surface area (Å²) in [5, 5.41) is 2.11. The Morgan fingerprint density at radius 2 is 1.64 bits per heavy atom. The van der Waals surface area contributed by atoms with Crippen LogP contribution in [0.1, 0.15) is 27.0 Å². The summed E-state index contributed by atoms with van der Waals surface area (Å²) in [6.45, 7) is 2.94. The average molecular weight is 351 g/mol. The Bertz CT molecular complexity index is 780. The SMILES string of the molecule is Cc1cc(C)cc(C(=O)OCC(=O)Nc2ccccc2C(F)(F)F)c1. The Hall–Kier alpha value is -2.83. The first-order valence-electron chi connectivity index (χ1n) is 7.38. The van der Waals surface area contributed by atoms with Gasteiger partial charge < -0.3 is 10.1 Å². The lowest BCUT2D eigenvalue weighted by Crippen LogP contribution is -2.22. The lowest BCUT2D eigenvalue weighted by Gasteiger charge is -2.13. The predicted molar refractivity (Wildman–Crippen MR) is 86.3 cm³/mol. The number of hydrogen-bond donors (Lipinski definition) is 1. The molecule has 0 atom stereocenters. The van der Waals surface area contributed by atoms with E-state index in [9.17, 15) is 22.8 Å². The fourth-order valence-electron chi connectivity index (χ4n) is 2.33. The number of carbonyl (C=O) groups excluding carboxylic acids is 2. The van der Waals surface area contributed by atoms with E-state index in [2.05, 4.69) is 5.32 Å². The maximum absolute atomic E-state index is 12.9. The molecule has 1 N–H and O–H groups in total. The Balaban J connectivity index is 2.01. The van der Waals surface area contributed by atoms with E-state index in [0.717, 1.165) is 23.3 Å². The number of benzene rings is 2. The van der Waals surface area contributed by atoms with Crippen LogP contribution in [0.5, 0.6) is 0 Å². The number of anilines is 1. The van der Waals surface area contributed by atoms with Crippen molar-refractivity contribution < 1.29 is 27.5 Å². The number of alkyl halides is 3. The highest BCUT2D eigenvalue weighted by Gasteiger charge is 2.33. The first-order chi connectivity index (χ1) is 11.7. The van der Waals surface area contributed by atoms with E-state index in [-0.39, 0.29) is 11.3 Å². The van der Waals surface area contributed by atoms with Crippen molar-refractivity contribution in [3.63, 3.8) is 0 Å². The highest BCUT2D eigenvalue weighted by Crippen LogP contribution is 2.34. The molecule has 0 aliphatic heterocycles. The standard InChI is InChI=1S/C18H16F3NO3/c1-11-7-12(2)9-13(8-11)17(24)25-10-16(23)22-15-6-4-3-5-14(15)18(19,20)21/h3-9H,10H2,1-2H3,(H,22,23). The number of nitrogens with one attached hydrogen (secondary N) is 1. The molecule has 2 rings (SSSR count). The molecule has 1 amide bonds. The van der Waals surface area contributed by atoms with Gasteiger partial charge in [-0.05, 0) is 38.1 Å². The van der Waals surface area contributed by atoms with Gasteiger partial charge >= 0.3 is 12.1 Å². The van der Waals surface area contributed by atoms with Gasteiger partial charge in [0.25, 0.3) is 5.91 Å². The third-order valence-electron chi connectivity index (χ3n) is 3.30. The van der Waals surface area contributed by atoms with Gasteiger partial charge in [0.1, 0.15) is 0 Å². The molecule has 0 aliphatic carbocycles. The molecule has 0 fully saturated rings. The van der Waals surface area contributed by atoms with E-state index in [4.69, 9.17) is 4.74 Å². The van der Waals surface area contributed by atoms with Crippen LogP contribution < -0.4 is 5.32 Å². The van der Waals surface area contributed by atoms with Crippen molar-refractivity contribution in [3.05, 3.63) is 64.7 Å². The summed E-state index contributed by atoms with van der Waals surface area (Å²) in [7, 11) is 0. The summed E-state index contributed by atoms with van der Waals surface area (Å²) in [5.74, 6) is -1.57. The Morgan fingerprint density at radius 3 is 2.24 bits per heavy atom. The summed E-state index contributed by atoms with van der Waals surface area (Å²) >= 11 is 0. The van der Waals surface area contributed by atoms with E-state index in [0.29, 0.717) is 0 Å². The van der Waals surface area contributed by atoms with Gasteiger partial charge in [0.2, 0.25) is 0 Å². The second kappa shape index (κ2) is 7.38. The second-order valence-corrected chi connectivity index (χ2v) is 5.54. The number of aryl methyl sites for hydroxylation is 2. The average Bonchev–Trinajstić information content (AvgIpc) is 2.51. The molecule has 7 heteroatoms. The van der Waals surface area contributed by atoms with Crippen molar-refractivity contribution in [2.45, 2.75) is 20.0 Å². The number of carbonyl (C=O) groups is 2. The number of amides is 1. The zero-order valence-corrected chi connectivity index (χ0v) is 13.6. The van der Waals surface area contributed by atoms with Gasteiger partial charge in [-0.2, -0.15) is 13.2 Å². The number of para-hydroxylation sites is 1. The van der Waals surface area contributed by atoms with E-state index in [1.54, 1.807) is 12.1 Å². The molecule has 2 aromatic rings. The molecule has 0 aromatic heterocycles. The molecular formula is C18H16F3NO3. The maximum atomic E-state index is 12.9. The van der Waals surface area contributed by atoms with Crippen LogP contribution in [-0.4, -0.2) is 18.5 Å². The summed E-state index contributed by atoms with van der Waals surface area (Å²) in [5.41, 5.74) is 0.637. The molecule has 0 saturated heterocycles. The van der Waals surface area contributed by atoms with Crippen LogP contribution in [0.3, 0.4) is 0 Å². The number of ether oxygens (including phenoxy) is 1. The normalized spacial score (nSPS) is 11.1. The van der Waals surface area contributed by atoms with Gasteiger partial charge in [-0.25, -0.2) is 4.79 Å². The lowest BCUT2D eigenvalue weighted by atomic mass is 10.1. The molecule has 0 spiro atoms. The van der Waals surface area contributed by atoms with Crippen LogP contribution in [-0.2, 0) is 15.7 Å². The Morgan fingerprint density at radius 1 is 1.04 bits per heavy atom. The first kappa shape index (κ1) is 18.5. The van der Waals surface area contributed by atoms with E-state index in [1.165, 1.54) is 12.1 Å². The maximum Gasteiger partial charge on any atom is 0.418 e. The van der Waals surface area contributed by atoms with Crippen molar-refractivity contribution in [2.75, 3.05) is 11.9 Å². The zero-order chi connectivity index (χ0) is 18.6. The molecule has 25 heavy (non-hydrogen) atoms. The van der Waals surface area contributed by atoms with Crippen molar-refractivity contribution in [3.8, 4) is 0 Å². The predicted octanol–water partition coefficient (Wildman–Crippen LogP) is 4.12. The molecule has 132 valence electrons. The second-order valence-electron chi connectivity index (χ2n) is 5.54. The lowest BCUT2D eigenvalue weighted by molar-refractivity contribution is -0.137. The number of rotatable bonds is 4. The van der Waals surface area contributed by atoms with Gasteiger partial charge in [0, 0.05) is 0 Å². The van der Waals surface area contributed by atoms with Crippen LogP contribution in [0.25, 0.3) is 0 Å². The van der Waals surface area contributed by atoms with Crippen LogP contribution >= 0.6 is 0 Å². The molecule has 0 radical (unpaired) electrons. The molecule has 0 unspecified atom stereocenters. The van der Waals surface area contributed by atoms with Crippen LogP contribution in [0.15, 0.2) is 42.5 Å². The number of halogens is 3. The largest absolute Gasteiger partial charge is 0.452 e. The van der Waals surface area contributed by atoms with Crippen LogP contribution in [0.2, 0.25) is 0 Å². The van der Waals surface area contributed by atoms with Crippen LogP contribution in [0.4, 0.5) is 18.9 Å². The Kier molecular flexibility index (Phi) is 5.46. The van der Waals surface area contributed by atoms with Crippen LogP contribution in [0, 0.1) is 13.8 Å². The molecule has 0 heterocycles. The van der Waals surface area contributed by atoms with Crippen molar-refractivity contribution in [1.82, 2.24) is 0 Å². The molecule has 4 nitrogen and oxygen atoms in total. The smallest absolute Gasteiger partial charge is 0.418 e. The molecular weight excluding hydrogens is 335 g/mol. The molecule has 0 aliphatic rings. The quantitative estimate of drug-likeness (QED) is 0.843. The van der Waals surface area contributed by atoms with Crippen molar-refractivity contribution >= 4 is 17.6 Å². The number of hydrogen-bond acceptors (Lipinski definition) is 3. The van der Waals surface area contributed by atoms with Crippen molar-refractivity contribution in [1.29, 1.82) is 0 Å². The third-order valence-corrected chi connectivity index (χ3v) is 3.30. The summed E-state index contributed by atoms with van der Waals surface area (Å²) in [4.78, 5) is 23.8. The van der Waals surface area contributed by atoms with Gasteiger partial charge in [-0.3, -0.25) is 4.79 Å². The minimum atomic E-state index is -4.60. The molecule has 0 saturated carbocycles. The summed E-state index contributed by atoms with van der Waals surface area (Å²) in [6.07, 6.45) is -4.60. The van der Waals surface area contributed by atoms with Gasteiger partial charge in [0.15, 0.2) is 6.61 Å². The topological polar surface area (TPSA) is 55.4 Å². The highest BCUT2D eigenvalue weighted by atomic mass is 19.4. The third kappa shape index (κ3) is 5.07. The summed E-state index contributed by atoms with van der Waals surface area (Å²) < 4.78 is 43.5. The van der Waals surface area contributed by atoms with E-state index >= 15 is 0 Å².